The van der Waals surface area contributed by atoms with E-state index >= 15 is 0 Å². The number of nitro groups is 1. The zero-order valence-electron chi connectivity index (χ0n) is 16.3. The van der Waals surface area contributed by atoms with E-state index in [4.69, 9.17) is 0 Å². The van der Waals surface area contributed by atoms with Crippen LogP contribution in [0.15, 0.2) is 87.8 Å². The topological polar surface area (TPSA) is 139 Å². The van der Waals surface area contributed by atoms with Gasteiger partial charge in [0.05, 0.1) is 27.0 Å². The number of nitro benzene ring substituents is 1. The van der Waals surface area contributed by atoms with Crippen molar-refractivity contribution in [1.82, 2.24) is 14.5 Å². The molecule has 0 saturated carbocycles. The van der Waals surface area contributed by atoms with Crippen LogP contribution in [0.2, 0.25) is 0 Å². The molecule has 5 rings (SSSR count). The molecular formula is C22H14N6O4. The highest BCUT2D eigenvalue weighted by Crippen LogP contribution is 2.38. The molecule has 0 fully saturated rings. The maximum absolute atomic E-state index is 13.2. The fourth-order valence-electron chi connectivity index (χ4n) is 3.46. The number of para-hydroxylation sites is 2. The lowest BCUT2D eigenvalue weighted by Gasteiger charge is -2.09. The molecule has 2 heterocycles. The Kier molecular flexibility index (Phi) is 4.44. The van der Waals surface area contributed by atoms with Crippen LogP contribution in [0.1, 0.15) is 0 Å². The van der Waals surface area contributed by atoms with Crippen molar-refractivity contribution in [3.8, 4) is 11.6 Å². The van der Waals surface area contributed by atoms with E-state index in [9.17, 15) is 20.0 Å². The number of benzene rings is 3. The van der Waals surface area contributed by atoms with Gasteiger partial charge in [0, 0.05) is 17.5 Å². The fourth-order valence-corrected chi connectivity index (χ4v) is 3.46. The second kappa shape index (κ2) is 7.43. The van der Waals surface area contributed by atoms with Crippen LogP contribution < -0.4 is 5.56 Å². The Labute approximate surface area is 179 Å². The molecule has 2 aromatic heterocycles. The van der Waals surface area contributed by atoms with Gasteiger partial charge in [-0.3, -0.25) is 14.9 Å². The molecule has 0 unspecified atom stereocenters. The predicted molar refractivity (Wildman–Crippen MR) is 118 cm³/mol. The number of hydrogen-bond donors (Lipinski definition) is 2. The zero-order chi connectivity index (χ0) is 22.2. The van der Waals surface area contributed by atoms with Crippen LogP contribution >= 0.6 is 0 Å². The normalized spacial score (nSPS) is 11.5. The molecule has 10 nitrogen and oxygen atoms in total. The highest BCUT2D eigenvalue weighted by Gasteiger charge is 2.16. The summed E-state index contributed by atoms with van der Waals surface area (Å²) in [6, 6.07) is 19.8. The predicted octanol–water partition coefficient (Wildman–Crippen LogP) is 4.90. The average Bonchev–Trinajstić information content (AvgIpc) is 3.12. The number of azo groups is 1. The number of aromatic nitrogens is 3. The molecule has 0 aliphatic heterocycles. The number of non-ortho nitro benzene ring substituents is 1. The molecule has 32 heavy (non-hydrogen) atoms. The second-order valence-corrected chi connectivity index (χ2v) is 6.91. The molecule has 0 aliphatic carbocycles. The summed E-state index contributed by atoms with van der Waals surface area (Å²) >= 11 is 0. The van der Waals surface area contributed by atoms with Gasteiger partial charge in [-0.25, -0.2) is 9.55 Å². The number of nitrogens with zero attached hydrogens (tertiary/aromatic N) is 5. The standard InChI is InChI=1S/C22H14N6O4/c29-20-19(16-12-14(28(31)32)10-11-18(16)23-20)25-26-22-24-17-9-5-4-8-15(17)21(30)27(22)13-6-2-1-3-7-13/h1-12,23,29H. The van der Waals surface area contributed by atoms with Crippen molar-refractivity contribution in [2.75, 3.05) is 0 Å². The smallest absolute Gasteiger partial charge is 0.270 e. The Morgan fingerprint density at radius 1 is 0.969 bits per heavy atom. The van der Waals surface area contributed by atoms with Crippen molar-refractivity contribution in [2.24, 2.45) is 10.2 Å². The molecule has 3 aromatic carbocycles. The van der Waals surface area contributed by atoms with Gasteiger partial charge in [0.25, 0.3) is 17.2 Å². The molecule has 0 bridgehead atoms. The largest absolute Gasteiger partial charge is 0.493 e. The number of rotatable bonds is 4. The van der Waals surface area contributed by atoms with Crippen molar-refractivity contribution in [1.29, 1.82) is 0 Å². The Morgan fingerprint density at radius 3 is 2.50 bits per heavy atom. The highest BCUT2D eigenvalue weighted by molar-refractivity contribution is 5.95. The average molecular weight is 426 g/mol. The maximum Gasteiger partial charge on any atom is 0.270 e. The van der Waals surface area contributed by atoms with Crippen LogP contribution in [-0.4, -0.2) is 24.6 Å². The second-order valence-electron chi connectivity index (χ2n) is 6.91. The van der Waals surface area contributed by atoms with Crippen molar-refractivity contribution in [3.05, 3.63) is 93.3 Å². The lowest BCUT2D eigenvalue weighted by atomic mass is 10.2. The first kappa shape index (κ1) is 19.1. The van der Waals surface area contributed by atoms with E-state index in [0.717, 1.165) is 0 Å². The van der Waals surface area contributed by atoms with Crippen LogP contribution in [0, 0.1) is 10.1 Å². The zero-order valence-corrected chi connectivity index (χ0v) is 16.3. The fraction of sp³-hybridized carbons (Fsp3) is 0. The van der Waals surface area contributed by atoms with E-state index in [1.54, 1.807) is 48.5 Å². The van der Waals surface area contributed by atoms with Gasteiger partial charge in [-0.05, 0) is 30.3 Å². The van der Waals surface area contributed by atoms with Crippen molar-refractivity contribution in [3.63, 3.8) is 0 Å². The Hall–Kier alpha value is -4.86. The molecule has 0 amide bonds. The number of aromatic hydroxyl groups is 1. The van der Waals surface area contributed by atoms with E-state index in [-0.39, 0.29) is 28.8 Å². The molecule has 0 saturated heterocycles. The minimum absolute atomic E-state index is 0.000851. The summed E-state index contributed by atoms with van der Waals surface area (Å²) in [6.07, 6.45) is 0. The van der Waals surface area contributed by atoms with Gasteiger partial charge in [-0.1, -0.05) is 30.3 Å². The molecule has 0 radical (unpaired) electrons. The van der Waals surface area contributed by atoms with E-state index in [1.165, 1.54) is 22.8 Å². The number of hydrogen-bond acceptors (Lipinski definition) is 7. The molecule has 5 aromatic rings. The van der Waals surface area contributed by atoms with Crippen LogP contribution in [0.25, 0.3) is 27.5 Å². The first-order chi connectivity index (χ1) is 15.5. The summed E-state index contributed by atoms with van der Waals surface area (Å²) in [5.74, 6) is -0.308. The molecule has 0 aliphatic rings. The van der Waals surface area contributed by atoms with Crippen LogP contribution in [0.4, 0.5) is 17.3 Å². The Balaban J connectivity index is 1.73. The molecule has 2 N–H and O–H groups in total. The molecule has 10 heteroatoms. The number of fused-ring (bicyclic) bond motifs is 2. The summed E-state index contributed by atoms with van der Waals surface area (Å²) in [5.41, 5.74) is 0.966. The molecule has 156 valence electrons. The first-order valence-corrected chi connectivity index (χ1v) is 9.51. The quantitative estimate of drug-likeness (QED) is 0.239. The van der Waals surface area contributed by atoms with Gasteiger partial charge in [-0.15, -0.1) is 10.2 Å². The van der Waals surface area contributed by atoms with Crippen molar-refractivity contribution >= 4 is 39.1 Å². The van der Waals surface area contributed by atoms with Gasteiger partial charge in [0.2, 0.25) is 5.88 Å². The van der Waals surface area contributed by atoms with Gasteiger partial charge >= 0.3 is 0 Å². The lowest BCUT2D eigenvalue weighted by Crippen LogP contribution is -2.19. The Bertz CT molecular complexity index is 1590. The van der Waals surface area contributed by atoms with Crippen molar-refractivity contribution in [2.45, 2.75) is 0 Å². The summed E-state index contributed by atoms with van der Waals surface area (Å²) in [6.45, 7) is 0. The third-order valence-electron chi connectivity index (χ3n) is 4.96. The number of aromatic amines is 1. The van der Waals surface area contributed by atoms with Crippen LogP contribution in [-0.2, 0) is 0 Å². The minimum atomic E-state index is -0.539. The van der Waals surface area contributed by atoms with Gasteiger partial charge in [0.1, 0.15) is 0 Å². The van der Waals surface area contributed by atoms with Crippen LogP contribution in [0.3, 0.4) is 0 Å². The number of nitrogens with one attached hydrogen (secondary N) is 1. The van der Waals surface area contributed by atoms with Crippen molar-refractivity contribution < 1.29 is 10.0 Å². The van der Waals surface area contributed by atoms with Gasteiger partial charge in [-0.2, -0.15) is 0 Å². The van der Waals surface area contributed by atoms with E-state index in [2.05, 4.69) is 20.2 Å². The minimum Gasteiger partial charge on any atom is -0.493 e. The summed E-state index contributed by atoms with van der Waals surface area (Å²) in [7, 11) is 0. The highest BCUT2D eigenvalue weighted by atomic mass is 16.6. The number of H-pyrrole nitrogens is 1. The first-order valence-electron chi connectivity index (χ1n) is 9.51. The van der Waals surface area contributed by atoms with Crippen LogP contribution in [0.5, 0.6) is 5.88 Å². The summed E-state index contributed by atoms with van der Waals surface area (Å²) in [4.78, 5) is 31.0. The van der Waals surface area contributed by atoms with E-state index in [0.29, 0.717) is 27.5 Å². The lowest BCUT2D eigenvalue weighted by molar-refractivity contribution is -0.384. The monoisotopic (exact) mass is 426 g/mol. The van der Waals surface area contributed by atoms with E-state index < -0.39 is 4.92 Å². The van der Waals surface area contributed by atoms with Gasteiger partial charge < -0.3 is 10.1 Å². The van der Waals surface area contributed by atoms with Gasteiger partial charge in [0.15, 0.2) is 5.69 Å². The molecule has 0 spiro atoms. The Morgan fingerprint density at radius 2 is 1.72 bits per heavy atom. The summed E-state index contributed by atoms with van der Waals surface area (Å²) < 4.78 is 1.32. The third-order valence-corrected chi connectivity index (χ3v) is 4.96. The summed E-state index contributed by atoms with van der Waals surface area (Å²) in [5, 5.41) is 30.4. The third kappa shape index (κ3) is 3.16. The molecular weight excluding hydrogens is 412 g/mol. The SMILES string of the molecule is O=c1c2ccccc2nc(N=Nc2c(O)[nH]c3ccc([N+](=O)[O-])cc23)n1-c1ccccc1. The maximum atomic E-state index is 13.2. The molecule has 0 atom stereocenters. The van der Waals surface area contributed by atoms with E-state index in [1.807, 2.05) is 6.07 Å².